The van der Waals surface area contributed by atoms with E-state index in [-0.39, 0.29) is 11.1 Å². The summed E-state index contributed by atoms with van der Waals surface area (Å²) in [4.78, 5) is 19.9. The maximum atomic E-state index is 11.4. The molecule has 9 heteroatoms. The fraction of sp³-hybridized carbons (Fsp3) is 0.526. The molecule has 0 unspecified atom stereocenters. The molecule has 1 saturated heterocycles. The average molecular weight is 382 g/mol. The Labute approximate surface area is 163 Å². The number of rotatable bonds is 4. The van der Waals surface area contributed by atoms with E-state index in [0.717, 1.165) is 42.5 Å². The van der Waals surface area contributed by atoms with Gasteiger partial charge in [0, 0.05) is 56.1 Å². The summed E-state index contributed by atoms with van der Waals surface area (Å²) in [5, 5.41) is 13.3. The Morgan fingerprint density at radius 3 is 2.64 bits per heavy atom. The normalized spacial score (nSPS) is 15.4. The van der Waals surface area contributed by atoms with Gasteiger partial charge in [-0.05, 0) is 19.2 Å². The van der Waals surface area contributed by atoms with Crippen LogP contribution < -0.4 is 10.6 Å². The summed E-state index contributed by atoms with van der Waals surface area (Å²) in [5.41, 5.74) is 1.45. The van der Waals surface area contributed by atoms with Crippen molar-refractivity contribution < 1.29 is 0 Å². The molecule has 3 aromatic rings. The van der Waals surface area contributed by atoms with Gasteiger partial charge in [0.1, 0.15) is 5.82 Å². The molecule has 4 heterocycles. The topological polar surface area (TPSA) is 84.5 Å². The molecule has 0 N–H and O–H groups in total. The minimum Gasteiger partial charge on any atom is -0.352 e. The van der Waals surface area contributed by atoms with Crippen molar-refractivity contribution in [1.82, 2.24) is 34.3 Å². The lowest BCUT2D eigenvalue weighted by Gasteiger charge is -2.44. The van der Waals surface area contributed by atoms with Crippen molar-refractivity contribution in [2.24, 2.45) is 7.05 Å². The standard InChI is InChI=1S/C19H26N8O/c1-19(2,3)17-22-21-15-6-7-16(23-27(15)17)26-11-14(12-26)24(4)9-13-8-20-18(28)25(5)10-13/h6-8,10,14H,9,11-12H2,1-5H3. The van der Waals surface area contributed by atoms with Gasteiger partial charge in [-0.25, -0.2) is 9.78 Å². The predicted octanol–water partition coefficient (Wildman–Crippen LogP) is 0.836. The number of hydrogen-bond donors (Lipinski definition) is 0. The first-order chi connectivity index (χ1) is 13.2. The van der Waals surface area contributed by atoms with Crippen LogP contribution in [-0.4, -0.2) is 60.4 Å². The van der Waals surface area contributed by atoms with E-state index in [2.05, 4.69) is 52.8 Å². The molecule has 3 aromatic heterocycles. The Kier molecular flexibility index (Phi) is 4.41. The molecule has 0 radical (unpaired) electrons. The van der Waals surface area contributed by atoms with Gasteiger partial charge in [0.05, 0.1) is 0 Å². The largest absolute Gasteiger partial charge is 0.352 e. The van der Waals surface area contributed by atoms with Crippen LogP contribution in [0.1, 0.15) is 32.2 Å². The maximum absolute atomic E-state index is 11.4. The van der Waals surface area contributed by atoms with Gasteiger partial charge in [-0.15, -0.1) is 15.3 Å². The van der Waals surface area contributed by atoms with Gasteiger partial charge in [-0.3, -0.25) is 4.90 Å². The highest BCUT2D eigenvalue weighted by molar-refractivity contribution is 5.48. The summed E-state index contributed by atoms with van der Waals surface area (Å²) in [6.45, 7) is 8.90. The summed E-state index contributed by atoms with van der Waals surface area (Å²) in [6.07, 6.45) is 3.50. The molecular weight excluding hydrogens is 356 g/mol. The lowest BCUT2D eigenvalue weighted by Crippen LogP contribution is -2.58. The van der Waals surface area contributed by atoms with Crippen molar-refractivity contribution in [1.29, 1.82) is 0 Å². The molecule has 0 atom stereocenters. The zero-order chi connectivity index (χ0) is 20.1. The lowest BCUT2D eigenvalue weighted by atomic mass is 9.96. The molecule has 1 aliphatic heterocycles. The van der Waals surface area contributed by atoms with Crippen LogP contribution in [0.4, 0.5) is 5.82 Å². The van der Waals surface area contributed by atoms with Crippen LogP contribution in [0.25, 0.3) is 5.65 Å². The third-order valence-corrected chi connectivity index (χ3v) is 5.16. The first kappa shape index (κ1) is 18.5. The molecule has 0 bridgehead atoms. The number of aryl methyl sites for hydroxylation is 1. The maximum Gasteiger partial charge on any atom is 0.347 e. The van der Waals surface area contributed by atoms with Gasteiger partial charge in [0.2, 0.25) is 0 Å². The third-order valence-electron chi connectivity index (χ3n) is 5.16. The Hall–Kier alpha value is -2.81. The molecule has 1 fully saturated rings. The van der Waals surface area contributed by atoms with E-state index in [1.165, 1.54) is 4.57 Å². The van der Waals surface area contributed by atoms with Gasteiger partial charge in [-0.1, -0.05) is 20.8 Å². The van der Waals surface area contributed by atoms with Crippen LogP contribution in [0.15, 0.2) is 29.3 Å². The lowest BCUT2D eigenvalue weighted by molar-refractivity contribution is 0.196. The molecule has 0 amide bonds. The minimum atomic E-state index is -0.230. The summed E-state index contributed by atoms with van der Waals surface area (Å²) in [7, 11) is 3.82. The van der Waals surface area contributed by atoms with Crippen molar-refractivity contribution >= 4 is 11.5 Å². The zero-order valence-corrected chi connectivity index (χ0v) is 17.0. The monoisotopic (exact) mass is 382 g/mol. The van der Waals surface area contributed by atoms with Crippen LogP contribution in [0, 0.1) is 0 Å². The van der Waals surface area contributed by atoms with Crippen LogP contribution in [0.5, 0.6) is 0 Å². The number of likely N-dealkylation sites (N-methyl/N-ethyl adjacent to an activating group) is 1. The van der Waals surface area contributed by atoms with E-state index in [1.54, 1.807) is 13.2 Å². The minimum absolute atomic E-state index is 0.118. The number of nitrogens with zero attached hydrogens (tertiary/aromatic N) is 8. The number of hydrogen-bond acceptors (Lipinski definition) is 7. The second-order valence-corrected chi connectivity index (χ2v) is 8.56. The van der Waals surface area contributed by atoms with Gasteiger partial charge >= 0.3 is 5.69 Å². The number of anilines is 1. The second-order valence-electron chi connectivity index (χ2n) is 8.56. The van der Waals surface area contributed by atoms with Gasteiger partial charge in [0.25, 0.3) is 0 Å². The van der Waals surface area contributed by atoms with E-state index in [1.807, 2.05) is 22.8 Å². The fourth-order valence-electron chi connectivity index (χ4n) is 3.40. The Morgan fingerprint density at radius 1 is 1.21 bits per heavy atom. The van der Waals surface area contributed by atoms with Crippen molar-refractivity contribution in [3.8, 4) is 0 Å². The fourth-order valence-corrected chi connectivity index (χ4v) is 3.40. The third kappa shape index (κ3) is 3.37. The van der Waals surface area contributed by atoms with Crippen LogP contribution in [0.2, 0.25) is 0 Å². The highest BCUT2D eigenvalue weighted by Gasteiger charge is 2.32. The zero-order valence-electron chi connectivity index (χ0n) is 17.0. The molecule has 0 aromatic carbocycles. The number of fused-ring (bicyclic) bond motifs is 1. The molecule has 148 valence electrons. The quantitative estimate of drug-likeness (QED) is 0.661. The summed E-state index contributed by atoms with van der Waals surface area (Å²) in [6, 6.07) is 4.40. The highest BCUT2D eigenvalue weighted by atomic mass is 16.1. The Morgan fingerprint density at radius 2 is 1.96 bits per heavy atom. The van der Waals surface area contributed by atoms with E-state index in [9.17, 15) is 4.79 Å². The average Bonchev–Trinajstić information content (AvgIpc) is 3.00. The Balaban J connectivity index is 1.44. The van der Waals surface area contributed by atoms with E-state index in [0.29, 0.717) is 6.04 Å². The van der Waals surface area contributed by atoms with Gasteiger partial charge < -0.3 is 9.47 Å². The molecule has 0 saturated carbocycles. The first-order valence-corrected chi connectivity index (χ1v) is 9.42. The summed E-state index contributed by atoms with van der Waals surface area (Å²) >= 11 is 0. The predicted molar refractivity (Wildman–Crippen MR) is 106 cm³/mol. The van der Waals surface area contributed by atoms with Crippen LogP contribution in [-0.2, 0) is 19.0 Å². The summed E-state index contributed by atoms with van der Waals surface area (Å²) < 4.78 is 3.36. The molecule has 9 nitrogen and oxygen atoms in total. The van der Waals surface area contributed by atoms with E-state index < -0.39 is 0 Å². The smallest absolute Gasteiger partial charge is 0.347 e. The molecule has 28 heavy (non-hydrogen) atoms. The Bertz CT molecular complexity index is 1060. The van der Waals surface area contributed by atoms with Crippen LogP contribution in [0.3, 0.4) is 0 Å². The molecule has 1 aliphatic rings. The van der Waals surface area contributed by atoms with Gasteiger partial charge in [0.15, 0.2) is 11.5 Å². The van der Waals surface area contributed by atoms with Crippen molar-refractivity contribution in [3.63, 3.8) is 0 Å². The van der Waals surface area contributed by atoms with E-state index in [4.69, 9.17) is 5.10 Å². The van der Waals surface area contributed by atoms with Gasteiger partial charge in [-0.2, -0.15) is 4.52 Å². The van der Waals surface area contributed by atoms with Crippen molar-refractivity contribution in [2.45, 2.75) is 38.8 Å². The SMILES string of the molecule is CN(Cc1cnc(=O)n(C)c1)C1CN(c2ccc3nnc(C(C)(C)C)n3n2)C1. The number of aromatic nitrogens is 6. The van der Waals surface area contributed by atoms with E-state index >= 15 is 0 Å². The highest BCUT2D eigenvalue weighted by Crippen LogP contribution is 2.25. The molecular formula is C19H26N8O. The summed E-state index contributed by atoms with van der Waals surface area (Å²) in [5.74, 6) is 1.80. The van der Waals surface area contributed by atoms with Crippen molar-refractivity contribution in [2.75, 3.05) is 25.0 Å². The molecule has 0 spiro atoms. The second kappa shape index (κ2) is 6.66. The first-order valence-electron chi connectivity index (χ1n) is 9.42. The van der Waals surface area contributed by atoms with Crippen molar-refractivity contribution in [3.05, 3.63) is 46.4 Å². The molecule has 4 rings (SSSR count). The van der Waals surface area contributed by atoms with Crippen LogP contribution >= 0.6 is 0 Å². The molecule has 0 aliphatic carbocycles.